The van der Waals surface area contributed by atoms with Crippen LogP contribution in [-0.2, 0) is 11.3 Å². The van der Waals surface area contributed by atoms with Crippen LogP contribution in [-0.4, -0.2) is 39.8 Å². The molecular formula is C17H21N3O2. The molecular weight excluding hydrogens is 278 g/mol. The largest absolute Gasteiger partial charge is 0.489 e. The van der Waals surface area contributed by atoms with Crippen LogP contribution in [0, 0.1) is 13.8 Å². The first-order valence-electron chi connectivity index (χ1n) is 7.62. The fourth-order valence-corrected chi connectivity index (χ4v) is 2.81. The topological polar surface area (TPSA) is 47.4 Å². The zero-order chi connectivity index (χ0) is 15.5. The van der Waals surface area contributed by atoms with Crippen LogP contribution < -0.4 is 4.74 Å². The summed E-state index contributed by atoms with van der Waals surface area (Å²) >= 11 is 0. The van der Waals surface area contributed by atoms with Crippen molar-refractivity contribution in [1.29, 1.82) is 0 Å². The van der Waals surface area contributed by atoms with E-state index in [4.69, 9.17) is 4.74 Å². The van der Waals surface area contributed by atoms with E-state index < -0.39 is 0 Å². The SMILES string of the molecule is Cc1cc(C)n(CC(=O)N2CCC(Oc3ccccc3)C2)n1. The Labute approximate surface area is 130 Å². The second-order valence-electron chi connectivity index (χ2n) is 5.77. The van der Waals surface area contributed by atoms with Crippen molar-refractivity contribution in [2.24, 2.45) is 0 Å². The molecule has 3 rings (SSSR count). The van der Waals surface area contributed by atoms with Gasteiger partial charge in [0.25, 0.3) is 0 Å². The molecule has 1 aliphatic heterocycles. The van der Waals surface area contributed by atoms with Crippen LogP contribution in [0.1, 0.15) is 17.8 Å². The third-order valence-electron chi connectivity index (χ3n) is 3.93. The van der Waals surface area contributed by atoms with Crippen LogP contribution in [0.4, 0.5) is 0 Å². The molecule has 2 heterocycles. The molecule has 22 heavy (non-hydrogen) atoms. The average Bonchev–Trinajstić information content (AvgIpc) is 3.07. The number of hydrogen-bond acceptors (Lipinski definition) is 3. The molecule has 0 bridgehead atoms. The highest BCUT2D eigenvalue weighted by Crippen LogP contribution is 2.18. The number of ether oxygens (including phenoxy) is 1. The van der Waals surface area contributed by atoms with Crippen LogP contribution in [0.15, 0.2) is 36.4 Å². The van der Waals surface area contributed by atoms with Crippen LogP contribution >= 0.6 is 0 Å². The maximum absolute atomic E-state index is 12.4. The molecule has 0 aliphatic carbocycles. The summed E-state index contributed by atoms with van der Waals surface area (Å²) in [7, 11) is 0. The molecule has 1 aliphatic rings. The highest BCUT2D eigenvalue weighted by Gasteiger charge is 2.27. The number of benzene rings is 1. The van der Waals surface area contributed by atoms with E-state index in [1.165, 1.54) is 0 Å². The summed E-state index contributed by atoms with van der Waals surface area (Å²) in [5, 5.41) is 4.35. The third kappa shape index (κ3) is 3.30. The Kier molecular flexibility index (Phi) is 4.13. The number of para-hydroxylation sites is 1. The molecule has 5 nitrogen and oxygen atoms in total. The van der Waals surface area contributed by atoms with Crippen molar-refractivity contribution in [2.45, 2.75) is 32.9 Å². The normalized spacial score (nSPS) is 17.7. The number of nitrogens with zero attached hydrogens (tertiary/aromatic N) is 3. The van der Waals surface area contributed by atoms with Crippen molar-refractivity contribution < 1.29 is 9.53 Å². The van der Waals surface area contributed by atoms with Gasteiger partial charge in [0.2, 0.25) is 5.91 Å². The number of carbonyl (C=O) groups excluding carboxylic acids is 1. The molecule has 1 unspecified atom stereocenters. The minimum atomic E-state index is 0.0757. The van der Waals surface area contributed by atoms with Crippen LogP contribution in [0.2, 0.25) is 0 Å². The van der Waals surface area contributed by atoms with Gasteiger partial charge in [-0.2, -0.15) is 5.10 Å². The molecule has 1 atom stereocenters. The Bertz CT molecular complexity index is 651. The zero-order valence-electron chi connectivity index (χ0n) is 13.0. The number of hydrogen-bond donors (Lipinski definition) is 0. The highest BCUT2D eigenvalue weighted by molar-refractivity contribution is 5.76. The Morgan fingerprint density at radius 3 is 2.77 bits per heavy atom. The van der Waals surface area contributed by atoms with Gasteiger partial charge in [-0.05, 0) is 32.0 Å². The molecule has 116 valence electrons. The monoisotopic (exact) mass is 299 g/mol. The zero-order valence-corrected chi connectivity index (χ0v) is 13.0. The van der Waals surface area contributed by atoms with Crippen LogP contribution in [0.25, 0.3) is 0 Å². The molecule has 1 amide bonds. The number of likely N-dealkylation sites (tertiary alicyclic amines) is 1. The summed E-state index contributed by atoms with van der Waals surface area (Å²) in [6.07, 6.45) is 0.949. The summed E-state index contributed by atoms with van der Waals surface area (Å²) in [5.74, 6) is 0.964. The third-order valence-corrected chi connectivity index (χ3v) is 3.93. The van der Waals surface area contributed by atoms with E-state index in [0.717, 1.165) is 30.1 Å². The highest BCUT2D eigenvalue weighted by atomic mass is 16.5. The van der Waals surface area contributed by atoms with Crippen molar-refractivity contribution in [2.75, 3.05) is 13.1 Å². The first-order valence-corrected chi connectivity index (χ1v) is 7.62. The Morgan fingerprint density at radius 1 is 1.32 bits per heavy atom. The quantitative estimate of drug-likeness (QED) is 0.869. The molecule has 5 heteroatoms. The lowest BCUT2D eigenvalue weighted by Crippen LogP contribution is -2.34. The van der Waals surface area contributed by atoms with Gasteiger partial charge in [-0.3, -0.25) is 9.48 Å². The van der Waals surface area contributed by atoms with Gasteiger partial charge < -0.3 is 9.64 Å². The lowest BCUT2D eigenvalue weighted by Gasteiger charge is -2.17. The standard InChI is InChI=1S/C17H21N3O2/c1-13-10-14(2)20(18-13)12-17(21)19-9-8-16(11-19)22-15-6-4-3-5-7-15/h3-7,10,16H,8-9,11-12H2,1-2H3. The average molecular weight is 299 g/mol. The number of aryl methyl sites for hydroxylation is 2. The molecule has 1 aromatic heterocycles. The molecule has 0 N–H and O–H groups in total. The van der Waals surface area contributed by atoms with Gasteiger partial charge in [0.1, 0.15) is 18.4 Å². The van der Waals surface area contributed by atoms with Gasteiger partial charge >= 0.3 is 0 Å². The number of rotatable bonds is 4. The van der Waals surface area contributed by atoms with Gasteiger partial charge in [0.05, 0.1) is 12.2 Å². The first-order chi connectivity index (χ1) is 10.6. The van der Waals surface area contributed by atoms with Gasteiger partial charge in [-0.25, -0.2) is 0 Å². The predicted octanol–water partition coefficient (Wildman–Crippen LogP) is 2.18. The Hall–Kier alpha value is -2.30. The molecule has 0 saturated carbocycles. The summed E-state index contributed by atoms with van der Waals surface area (Å²) in [6.45, 7) is 5.60. The molecule has 2 aromatic rings. The first kappa shape index (κ1) is 14.6. The molecule has 1 saturated heterocycles. The number of aromatic nitrogens is 2. The molecule has 0 spiro atoms. The summed E-state index contributed by atoms with van der Waals surface area (Å²) < 4.78 is 7.68. The number of carbonyl (C=O) groups is 1. The summed E-state index contributed by atoms with van der Waals surface area (Å²) in [4.78, 5) is 14.2. The van der Waals surface area contributed by atoms with Crippen LogP contribution in [0.3, 0.4) is 0 Å². The Balaban J connectivity index is 1.56. The molecule has 1 aromatic carbocycles. The molecule has 1 fully saturated rings. The van der Waals surface area contributed by atoms with E-state index in [1.54, 1.807) is 4.68 Å². The van der Waals surface area contributed by atoms with Crippen molar-refractivity contribution >= 4 is 5.91 Å². The maximum atomic E-state index is 12.4. The van der Waals surface area contributed by atoms with Crippen molar-refractivity contribution in [3.8, 4) is 5.75 Å². The van der Waals surface area contributed by atoms with Crippen LogP contribution in [0.5, 0.6) is 5.75 Å². The van der Waals surface area contributed by atoms with E-state index in [2.05, 4.69) is 5.10 Å². The smallest absolute Gasteiger partial charge is 0.244 e. The maximum Gasteiger partial charge on any atom is 0.244 e. The van der Waals surface area contributed by atoms with E-state index in [0.29, 0.717) is 13.1 Å². The fourth-order valence-electron chi connectivity index (χ4n) is 2.81. The lowest BCUT2D eigenvalue weighted by molar-refractivity contribution is -0.131. The van der Waals surface area contributed by atoms with E-state index in [9.17, 15) is 4.79 Å². The van der Waals surface area contributed by atoms with Gasteiger partial charge in [-0.1, -0.05) is 18.2 Å². The van der Waals surface area contributed by atoms with Crippen molar-refractivity contribution in [3.63, 3.8) is 0 Å². The minimum absolute atomic E-state index is 0.0757. The van der Waals surface area contributed by atoms with Crippen molar-refractivity contribution in [3.05, 3.63) is 47.8 Å². The fraction of sp³-hybridized carbons (Fsp3) is 0.412. The Morgan fingerprint density at radius 2 is 2.09 bits per heavy atom. The number of amides is 1. The summed E-state index contributed by atoms with van der Waals surface area (Å²) in [6, 6.07) is 11.7. The molecule has 0 radical (unpaired) electrons. The van der Waals surface area contributed by atoms with Gasteiger partial charge in [0, 0.05) is 18.7 Å². The van der Waals surface area contributed by atoms with Gasteiger partial charge in [-0.15, -0.1) is 0 Å². The van der Waals surface area contributed by atoms with E-state index >= 15 is 0 Å². The second kappa shape index (κ2) is 6.22. The predicted molar refractivity (Wildman–Crippen MR) is 83.8 cm³/mol. The van der Waals surface area contributed by atoms with E-state index in [-0.39, 0.29) is 12.0 Å². The van der Waals surface area contributed by atoms with E-state index in [1.807, 2.05) is 55.1 Å². The minimum Gasteiger partial charge on any atom is -0.489 e. The lowest BCUT2D eigenvalue weighted by atomic mass is 10.3. The second-order valence-corrected chi connectivity index (χ2v) is 5.77. The van der Waals surface area contributed by atoms with Crippen molar-refractivity contribution in [1.82, 2.24) is 14.7 Å². The van der Waals surface area contributed by atoms with Gasteiger partial charge in [0.15, 0.2) is 0 Å². The summed E-state index contributed by atoms with van der Waals surface area (Å²) in [5.41, 5.74) is 1.96.